The molecule has 1 fully saturated rings. The Balaban J connectivity index is 2.12. The van der Waals surface area contributed by atoms with E-state index in [-0.39, 0.29) is 5.97 Å². The Kier molecular flexibility index (Phi) is 4.88. The number of hydrogen-bond acceptors (Lipinski definition) is 6. The number of carbonyl (C=O) groups is 1. The third-order valence-corrected chi connectivity index (χ3v) is 5.05. The molecule has 0 aromatic carbocycles. The fraction of sp³-hybridized carbons (Fsp3) is 0.733. The molecule has 6 heteroatoms. The molecular weight excluding hydrogens is 286 g/mol. The lowest BCUT2D eigenvalue weighted by Crippen LogP contribution is -2.50. The summed E-state index contributed by atoms with van der Waals surface area (Å²) in [4.78, 5) is 21.4. The molecule has 0 aliphatic carbocycles. The molecule has 21 heavy (non-hydrogen) atoms. The number of esters is 1. The van der Waals surface area contributed by atoms with E-state index in [1.165, 1.54) is 0 Å². The molecule has 1 aliphatic heterocycles. The zero-order valence-electron chi connectivity index (χ0n) is 13.5. The number of hydrogen-bond donors (Lipinski definition) is 0. The summed E-state index contributed by atoms with van der Waals surface area (Å²) in [5.74, 6) is -0.214. The van der Waals surface area contributed by atoms with Gasteiger partial charge in [0, 0.05) is 31.1 Å². The summed E-state index contributed by atoms with van der Waals surface area (Å²) in [6, 6.07) is 0.518. The van der Waals surface area contributed by atoms with Gasteiger partial charge in [0.1, 0.15) is 5.41 Å². The lowest BCUT2D eigenvalue weighted by Gasteiger charge is -2.37. The van der Waals surface area contributed by atoms with Crippen molar-refractivity contribution in [2.24, 2.45) is 0 Å². The predicted molar refractivity (Wildman–Crippen MR) is 86.1 cm³/mol. The van der Waals surface area contributed by atoms with E-state index in [2.05, 4.69) is 23.8 Å². The Morgan fingerprint density at radius 2 is 2.24 bits per heavy atom. The fourth-order valence-corrected chi connectivity index (χ4v) is 3.37. The van der Waals surface area contributed by atoms with Crippen LogP contribution in [0.3, 0.4) is 0 Å². The third kappa shape index (κ3) is 3.37. The van der Waals surface area contributed by atoms with E-state index in [0.717, 1.165) is 30.5 Å². The third-order valence-electron chi connectivity index (χ3n) is 4.15. The first kappa shape index (κ1) is 16.2. The number of anilines is 1. The average molecular weight is 311 g/mol. The van der Waals surface area contributed by atoms with Crippen molar-refractivity contribution in [3.8, 4) is 0 Å². The van der Waals surface area contributed by atoms with E-state index >= 15 is 0 Å². The maximum absolute atomic E-state index is 12.1. The van der Waals surface area contributed by atoms with Crippen molar-refractivity contribution in [2.45, 2.75) is 39.2 Å². The van der Waals surface area contributed by atoms with Crippen LogP contribution in [0, 0.1) is 0 Å². The van der Waals surface area contributed by atoms with Crippen LogP contribution in [0.15, 0.2) is 5.38 Å². The molecule has 1 aliphatic rings. The lowest BCUT2D eigenvalue weighted by atomic mass is 9.90. The smallest absolute Gasteiger partial charge is 0.317 e. The standard InChI is InChI=1S/C15H25N3O2S/c1-6-20-13(19)15(3,4)12-10-21-14(16-12)18-8-7-17(5)11(2)9-18/h10-11H,6-9H2,1-5H3. The number of rotatable bonds is 4. The number of ether oxygens (including phenoxy) is 1. The van der Waals surface area contributed by atoms with Crippen LogP contribution in [0.25, 0.3) is 0 Å². The molecule has 5 nitrogen and oxygen atoms in total. The van der Waals surface area contributed by atoms with Gasteiger partial charge in [-0.25, -0.2) is 4.98 Å². The maximum atomic E-state index is 12.1. The number of piperazine rings is 1. The summed E-state index contributed by atoms with van der Waals surface area (Å²) in [7, 11) is 2.15. The Hall–Kier alpha value is -1.14. The molecule has 1 aromatic heterocycles. The van der Waals surface area contributed by atoms with E-state index in [1.54, 1.807) is 11.3 Å². The monoisotopic (exact) mass is 311 g/mol. The zero-order chi connectivity index (χ0) is 15.6. The van der Waals surface area contributed by atoms with Crippen LogP contribution < -0.4 is 4.90 Å². The molecule has 2 rings (SSSR count). The van der Waals surface area contributed by atoms with Crippen molar-refractivity contribution in [1.29, 1.82) is 0 Å². The average Bonchev–Trinajstić information content (AvgIpc) is 2.92. The van der Waals surface area contributed by atoms with Crippen molar-refractivity contribution in [1.82, 2.24) is 9.88 Å². The Labute approximate surface area is 130 Å². The first-order valence-corrected chi connectivity index (χ1v) is 8.32. The molecule has 0 spiro atoms. The van der Waals surface area contributed by atoms with Crippen molar-refractivity contribution in [3.63, 3.8) is 0 Å². The van der Waals surface area contributed by atoms with E-state index in [1.807, 2.05) is 26.2 Å². The summed E-state index contributed by atoms with van der Waals surface area (Å²) in [5, 5.41) is 2.98. The molecule has 0 amide bonds. The summed E-state index contributed by atoms with van der Waals surface area (Å²) in [6.45, 7) is 11.2. The van der Waals surface area contributed by atoms with E-state index < -0.39 is 5.41 Å². The van der Waals surface area contributed by atoms with Gasteiger partial charge in [-0.2, -0.15) is 0 Å². The van der Waals surface area contributed by atoms with Crippen LogP contribution in [-0.4, -0.2) is 55.2 Å². The van der Waals surface area contributed by atoms with Crippen LogP contribution in [0.1, 0.15) is 33.4 Å². The van der Waals surface area contributed by atoms with Gasteiger partial charge in [0.2, 0.25) is 0 Å². The molecule has 0 saturated carbocycles. The van der Waals surface area contributed by atoms with E-state index in [0.29, 0.717) is 12.6 Å². The molecule has 1 atom stereocenters. The maximum Gasteiger partial charge on any atom is 0.317 e. The SMILES string of the molecule is CCOC(=O)C(C)(C)c1csc(N2CCN(C)C(C)C2)n1. The molecule has 2 heterocycles. The summed E-state index contributed by atoms with van der Waals surface area (Å²) < 4.78 is 5.15. The van der Waals surface area contributed by atoms with Crippen LogP contribution >= 0.6 is 11.3 Å². The Morgan fingerprint density at radius 1 is 1.52 bits per heavy atom. The van der Waals surface area contributed by atoms with Gasteiger partial charge in [-0.05, 0) is 34.7 Å². The molecule has 0 N–H and O–H groups in total. The second kappa shape index (κ2) is 6.32. The quantitative estimate of drug-likeness (QED) is 0.797. The van der Waals surface area contributed by atoms with Crippen molar-refractivity contribution >= 4 is 22.4 Å². The van der Waals surface area contributed by atoms with Crippen molar-refractivity contribution in [2.75, 3.05) is 38.2 Å². The molecule has 0 radical (unpaired) electrons. The topological polar surface area (TPSA) is 45.7 Å². The summed E-state index contributed by atoms with van der Waals surface area (Å²) in [6.07, 6.45) is 0. The highest BCUT2D eigenvalue weighted by Crippen LogP contribution is 2.31. The van der Waals surface area contributed by atoms with Crippen LogP contribution in [0.5, 0.6) is 0 Å². The molecule has 0 bridgehead atoms. The van der Waals surface area contributed by atoms with Gasteiger partial charge >= 0.3 is 5.97 Å². The van der Waals surface area contributed by atoms with Gasteiger partial charge in [0.15, 0.2) is 5.13 Å². The number of carbonyl (C=O) groups excluding carboxylic acids is 1. The zero-order valence-corrected chi connectivity index (χ0v) is 14.4. The van der Waals surface area contributed by atoms with Gasteiger partial charge in [-0.3, -0.25) is 4.79 Å². The van der Waals surface area contributed by atoms with Crippen molar-refractivity contribution < 1.29 is 9.53 Å². The number of nitrogens with zero attached hydrogens (tertiary/aromatic N) is 3. The highest BCUT2D eigenvalue weighted by Gasteiger charge is 2.34. The van der Waals surface area contributed by atoms with Crippen molar-refractivity contribution in [3.05, 3.63) is 11.1 Å². The van der Waals surface area contributed by atoms with Gasteiger partial charge in [0.25, 0.3) is 0 Å². The highest BCUT2D eigenvalue weighted by atomic mass is 32.1. The molecule has 1 aromatic rings. The first-order valence-electron chi connectivity index (χ1n) is 7.44. The minimum absolute atomic E-state index is 0.214. The highest BCUT2D eigenvalue weighted by molar-refractivity contribution is 7.13. The largest absolute Gasteiger partial charge is 0.465 e. The first-order chi connectivity index (χ1) is 9.86. The Bertz CT molecular complexity index is 501. The van der Waals surface area contributed by atoms with Gasteiger partial charge in [0.05, 0.1) is 12.3 Å². The van der Waals surface area contributed by atoms with Crippen LogP contribution in [0.4, 0.5) is 5.13 Å². The van der Waals surface area contributed by atoms with Gasteiger partial charge < -0.3 is 14.5 Å². The lowest BCUT2D eigenvalue weighted by molar-refractivity contribution is -0.148. The normalized spacial score (nSPS) is 20.6. The van der Waals surface area contributed by atoms with E-state index in [9.17, 15) is 4.79 Å². The van der Waals surface area contributed by atoms with Gasteiger partial charge in [-0.1, -0.05) is 0 Å². The predicted octanol–water partition coefficient (Wildman–Crippen LogP) is 2.12. The number of thiazole rings is 1. The summed E-state index contributed by atoms with van der Waals surface area (Å²) in [5.41, 5.74) is 0.107. The molecule has 1 saturated heterocycles. The summed E-state index contributed by atoms with van der Waals surface area (Å²) >= 11 is 1.61. The number of aromatic nitrogens is 1. The fourth-order valence-electron chi connectivity index (χ4n) is 2.33. The Morgan fingerprint density at radius 3 is 2.86 bits per heavy atom. The van der Waals surface area contributed by atoms with Gasteiger partial charge in [-0.15, -0.1) is 11.3 Å². The minimum Gasteiger partial charge on any atom is -0.465 e. The van der Waals surface area contributed by atoms with Crippen LogP contribution in [0.2, 0.25) is 0 Å². The van der Waals surface area contributed by atoms with E-state index in [4.69, 9.17) is 9.72 Å². The van der Waals surface area contributed by atoms with Crippen LogP contribution in [-0.2, 0) is 14.9 Å². The second-order valence-corrected chi connectivity index (χ2v) is 6.97. The number of likely N-dealkylation sites (N-methyl/N-ethyl adjacent to an activating group) is 1. The molecule has 118 valence electrons. The minimum atomic E-state index is -0.692. The molecular formula is C15H25N3O2S. The second-order valence-electron chi connectivity index (χ2n) is 6.14. The molecule has 1 unspecified atom stereocenters.